The van der Waals surface area contributed by atoms with Gasteiger partial charge in [-0.05, 0) is 32.4 Å². The number of halogens is 1. The second kappa shape index (κ2) is 6.68. The highest BCUT2D eigenvalue weighted by Gasteiger charge is 2.15. The van der Waals surface area contributed by atoms with Crippen LogP contribution >= 0.6 is 11.6 Å². The second-order valence-corrected chi connectivity index (χ2v) is 4.83. The molecule has 0 aliphatic carbocycles. The van der Waals surface area contributed by atoms with Crippen molar-refractivity contribution in [1.29, 1.82) is 0 Å². The molecular weight excluding hydrogens is 256 g/mol. The third kappa shape index (κ3) is 4.60. The Labute approximate surface area is 111 Å². The third-order valence-corrected chi connectivity index (χ3v) is 2.81. The summed E-state index contributed by atoms with van der Waals surface area (Å²) in [6, 6.07) is 4.70. The van der Waals surface area contributed by atoms with Crippen molar-refractivity contribution in [3.8, 4) is 0 Å². The Balaban J connectivity index is 2.70. The molecule has 1 rings (SSSR count). The molecule has 18 heavy (non-hydrogen) atoms. The zero-order chi connectivity index (χ0) is 13.7. The minimum atomic E-state index is -0.442. The van der Waals surface area contributed by atoms with Gasteiger partial charge in [-0.25, -0.2) is 0 Å². The summed E-state index contributed by atoms with van der Waals surface area (Å²) in [4.78, 5) is 10.4. The highest BCUT2D eigenvalue weighted by Crippen LogP contribution is 2.23. The van der Waals surface area contributed by atoms with Crippen LogP contribution in [-0.2, 0) is 6.54 Å². The summed E-state index contributed by atoms with van der Waals surface area (Å²) in [7, 11) is 0. The van der Waals surface area contributed by atoms with Crippen molar-refractivity contribution >= 4 is 17.3 Å². The summed E-state index contributed by atoms with van der Waals surface area (Å²) in [5.41, 5.74) is 0.598. The molecule has 0 aromatic heterocycles. The van der Waals surface area contributed by atoms with Gasteiger partial charge in [0.25, 0.3) is 5.69 Å². The first-order valence-corrected chi connectivity index (χ1v) is 6.12. The molecule has 2 N–H and O–H groups in total. The first kappa shape index (κ1) is 14.9. The molecule has 0 fully saturated rings. The number of nitrogens with zero attached hydrogens (tertiary/aromatic N) is 1. The van der Waals surface area contributed by atoms with Gasteiger partial charge in [-0.3, -0.25) is 10.1 Å². The maximum absolute atomic E-state index is 10.9. The summed E-state index contributed by atoms with van der Waals surface area (Å²) in [5.74, 6) is 0. The largest absolute Gasteiger partial charge is 0.393 e. The van der Waals surface area contributed by atoms with Crippen LogP contribution in [0.3, 0.4) is 0 Å². The predicted molar refractivity (Wildman–Crippen MR) is 70.7 cm³/mol. The molecule has 6 heteroatoms. The van der Waals surface area contributed by atoms with Gasteiger partial charge in [-0.1, -0.05) is 11.6 Å². The van der Waals surface area contributed by atoms with E-state index in [0.29, 0.717) is 23.6 Å². The average molecular weight is 273 g/mol. The summed E-state index contributed by atoms with van der Waals surface area (Å²) >= 11 is 5.73. The number of rotatable bonds is 6. The molecule has 100 valence electrons. The van der Waals surface area contributed by atoms with Crippen molar-refractivity contribution in [1.82, 2.24) is 5.32 Å². The SMILES string of the molecule is CC(O)CC(C)NCc1ccc(Cl)cc1[N+](=O)[O-]. The average Bonchev–Trinajstić information content (AvgIpc) is 2.26. The number of benzene rings is 1. The van der Waals surface area contributed by atoms with Crippen LogP contribution in [0.5, 0.6) is 0 Å². The second-order valence-electron chi connectivity index (χ2n) is 4.40. The van der Waals surface area contributed by atoms with Gasteiger partial charge in [-0.15, -0.1) is 0 Å². The molecule has 2 unspecified atom stereocenters. The van der Waals surface area contributed by atoms with Crippen molar-refractivity contribution < 1.29 is 10.0 Å². The molecule has 0 aliphatic rings. The Hall–Kier alpha value is -1.17. The van der Waals surface area contributed by atoms with Crippen molar-refractivity contribution in [2.24, 2.45) is 0 Å². The maximum Gasteiger partial charge on any atom is 0.275 e. The molecule has 0 radical (unpaired) electrons. The van der Waals surface area contributed by atoms with Crippen molar-refractivity contribution in [3.63, 3.8) is 0 Å². The minimum absolute atomic E-state index is 0.0132. The Kier molecular flexibility index (Phi) is 5.53. The summed E-state index contributed by atoms with van der Waals surface area (Å²) in [6.45, 7) is 4.01. The molecule has 2 atom stereocenters. The number of nitrogens with one attached hydrogen (secondary N) is 1. The van der Waals surface area contributed by atoms with E-state index in [0.717, 1.165) is 0 Å². The number of nitro groups is 1. The Bertz CT molecular complexity index is 424. The van der Waals surface area contributed by atoms with Gasteiger partial charge in [-0.2, -0.15) is 0 Å². The Morgan fingerprint density at radius 3 is 2.72 bits per heavy atom. The van der Waals surface area contributed by atoms with Crippen LogP contribution in [0.4, 0.5) is 5.69 Å². The molecule has 0 spiro atoms. The number of hydrogen-bond acceptors (Lipinski definition) is 4. The van der Waals surface area contributed by atoms with Crippen LogP contribution < -0.4 is 5.32 Å². The molecule has 0 heterocycles. The number of aliphatic hydroxyl groups excluding tert-OH is 1. The standard InChI is InChI=1S/C12H17ClN2O3/c1-8(5-9(2)16)14-7-10-3-4-11(13)6-12(10)15(17)18/h3-4,6,8-9,14,16H,5,7H2,1-2H3. The van der Waals surface area contributed by atoms with Gasteiger partial charge in [0.05, 0.1) is 11.0 Å². The molecule has 0 aliphatic heterocycles. The molecule has 1 aromatic rings. The summed E-state index contributed by atoms with van der Waals surface area (Å²) in [6.07, 6.45) is 0.203. The van der Waals surface area contributed by atoms with Crippen LogP contribution in [0, 0.1) is 10.1 Å². The van der Waals surface area contributed by atoms with Crippen LogP contribution in [0.1, 0.15) is 25.8 Å². The van der Waals surface area contributed by atoms with E-state index in [2.05, 4.69) is 5.32 Å². The normalized spacial score (nSPS) is 14.2. The van der Waals surface area contributed by atoms with Gasteiger partial charge >= 0.3 is 0 Å². The molecule has 0 bridgehead atoms. The van der Waals surface area contributed by atoms with Crippen molar-refractivity contribution in [2.75, 3.05) is 0 Å². The predicted octanol–water partition coefficient (Wildman–Crippen LogP) is 2.50. The summed E-state index contributed by atoms with van der Waals surface area (Å²) < 4.78 is 0. The van der Waals surface area contributed by atoms with Crippen LogP contribution in [0.2, 0.25) is 5.02 Å². The zero-order valence-corrected chi connectivity index (χ0v) is 11.1. The third-order valence-electron chi connectivity index (χ3n) is 2.58. The van der Waals surface area contributed by atoms with E-state index in [9.17, 15) is 15.2 Å². The molecule has 0 saturated carbocycles. The van der Waals surface area contributed by atoms with E-state index in [1.807, 2.05) is 6.92 Å². The lowest BCUT2D eigenvalue weighted by Crippen LogP contribution is -2.28. The lowest BCUT2D eigenvalue weighted by Gasteiger charge is -2.15. The lowest BCUT2D eigenvalue weighted by atomic mass is 10.1. The molecule has 0 saturated heterocycles. The summed E-state index contributed by atoms with van der Waals surface area (Å²) in [5, 5.41) is 23.6. The fourth-order valence-corrected chi connectivity index (χ4v) is 1.90. The van der Waals surface area contributed by atoms with Gasteiger partial charge in [0.15, 0.2) is 0 Å². The van der Waals surface area contributed by atoms with E-state index in [1.54, 1.807) is 19.1 Å². The van der Waals surface area contributed by atoms with E-state index < -0.39 is 11.0 Å². The van der Waals surface area contributed by atoms with Gasteiger partial charge < -0.3 is 10.4 Å². The van der Waals surface area contributed by atoms with Crippen molar-refractivity contribution in [3.05, 3.63) is 38.9 Å². The fraction of sp³-hybridized carbons (Fsp3) is 0.500. The molecular formula is C12H17ClN2O3. The topological polar surface area (TPSA) is 75.4 Å². The number of nitro benzene ring substituents is 1. The Morgan fingerprint density at radius 2 is 2.17 bits per heavy atom. The maximum atomic E-state index is 10.9. The van der Waals surface area contributed by atoms with Crippen molar-refractivity contribution in [2.45, 2.75) is 39.0 Å². The van der Waals surface area contributed by atoms with Gasteiger partial charge in [0.1, 0.15) is 0 Å². The molecule has 1 aromatic carbocycles. The fourth-order valence-electron chi connectivity index (χ4n) is 1.74. The lowest BCUT2D eigenvalue weighted by molar-refractivity contribution is -0.385. The van der Waals surface area contributed by atoms with Gasteiger partial charge in [0.2, 0.25) is 0 Å². The van der Waals surface area contributed by atoms with E-state index >= 15 is 0 Å². The van der Waals surface area contributed by atoms with E-state index in [1.165, 1.54) is 6.07 Å². The molecule has 0 amide bonds. The first-order valence-electron chi connectivity index (χ1n) is 5.74. The number of aliphatic hydroxyl groups is 1. The first-order chi connectivity index (χ1) is 8.40. The molecule has 5 nitrogen and oxygen atoms in total. The quantitative estimate of drug-likeness (QED) is 0.616. The van der Waals surface area contributed by atoms with E-state index in [4.69, 9.17) is 11.6 Å². The zero-order valence-electron chi connectivity index (χ0n) is 10.4. The van der Waals surface area contributed by atoms with Gasteiger partial charge in [0, 0.05) is 29.2 Å². The van der Waals surface area contributed by atoms with E-state index in [-0.39, 0.29) is 11.7 Å². The monoisotopic (exact) mass is 272 g/mol. The highest BCUT2D eigenvalue weighted by molar-refractivity contribution is 6.30. The van der Waals surface area contributed by atoms with Crippen LogP contribution in [-0.4, -0.2) is 22.2 Å². The minimum Gasteiger partial charge on any atom is -0.393 e. The smallest absolute Gasteiger partial charge is 0.275 e. The van der Waals surface area contributed by atoms with Crippen LogP contribution in [0.15, 0.2) is 18.2 Å². The van der Waals surface area contributed by atoms with Crippen LogP contribution in [0.25, 0.3) is 0 Å². The highest BCUT2D eigenvalue weighted by atomic mass is 35.5. The number of hydrogen-bond donors (Lipinski definition) is 2. The Morgan fingerprint density at radius 1 is 1.50 bits per heavy atom.